The van der Waals surface area contributed by atoms with Gasteiger partial charge in [-0.1, -0.05) is 23.2 Å². The van der Waals surface area contributed by atoms with Crippen LogP contribution in [0.3, 0.4) is 0 Å². The van der Waals surface area contributed by atoms with Crippen molar-refractivity contribution < 1.29 is 9.53 Å². The molecule has 1 aliphatic carbocycles. The molecule has 1 fully saturated rings. The number of rotatable bonds is 3. The molecule has 4 nitrogen and oxygen atoms in total. The number of halogens is 2. The largest absolute Gasteiger partial charge is 0.399 e. The number of amides is 1. The standard InChI is InChI=1S/C13H16Cl2N2O2/c1-19-11-4-2-3-10(11)17-13(18)8-5-7(16)6-9(14)12(8)15/h5-6,10-11H,2-4,16H2,1H3,(H,17,18). The number of carbonyl (C=O) groups excluding carboxylic acids is 1. The first-order valence-electron chi connectivity index (χ1n) is 6.11. The second-order valence-corrected chi connectivity index (χ2v) is 5.43. The number of ether oxygens (including phenoxy) is 1. The Balaban J connectivity index is 2.16. The Bertz CT molecular complexity index is 494. The van der Waals surface area contributed by atoms with Crippen LogP contribution in [0.5, 0.6) is 0 Å². The molecule has 0 saturated heterocycles. The molecule has 1 aromatic rings. The van der Waals surface area contributed by atoms with Crippen molar-refractivity contribution >= 4 is 34.8 Å². The maximum atomic E-state index is 12.2. The van der Waals surface area contributed by atoms with Crippen LogP contribution < -0.4 is 11.1 Å². The molecule has 2 rings (SSSR count). The highest BCUT2D eigenvalue weighted by molar-refractivity contribution is 6.44. The van der Waals surface area contributed by atoms with Gasteiger partial charge in [-0.25, -0.2) is 0 Å². The summed E-state index contributed by atoms with van der Waals surface area (Å²) in [6, 6.07) is 3.06. The topological polar surface area (TPSA) is 64.3 Å². The molecule has 104 valence electrons. The summed E-state index contributed by atoms with van der Waals surface area (Å²) in [6.45, 7) is 0. The van der Waals surface area contributed by atoms with Crippen LogP contribution >= 0.6 is 23.2 Å². The zero-order valence-electron chi connectivity index (χ0n) is 10.6. The van der Waals surface area contributed by atoms with Crippen LogP contribution in [-0.4, -0.2) is 25.2 Å². The number of nitrogen functional groups attached to an aromatic ring is 1. The molecule has 3 N–H and O–H groups in total. The fraction of sp³-hybridized carbons (Fsp3) is 0.462. The molecule has 0 bridgehead atoms. The molecule has 0 spiro atoms. The van der Waals surface area contributed by atoms with Crippen LogP contribution in [0.1, 0.15) is 29.6 Å². The van der Waals surface area contributed by atoms with Crippen LogP contribution in [0, 0.1) is 0 Å². The molecule has 2 atom stereocenters. The highest BCUT2D eigenvalue weighted by Crippen LogP contribution is 2.29. The summed E-state index contributed by atoms with van der Waals surface area (Å²) in [5, 5.41) is 3.43. The first-order chi connectivity index (χ1) is 9.02. The normalized spacial score (nSPS) is 22.5. The third-order valence-corrected chi connectivity index (χ3v) is 4.17. The summed E-state index contributed by atoms with van der Waals surface area (Å²) in [5.41, 5.74) is 6.39. The number of nitrogens with two attached hydrogens (primary N) is 1. The average molecular weight is 303 g/mol. The number of nitrogens with one attached hydrogen (secondary N) is 1. The number of hydrogen-bond acceptors (Lipinski definition) is 3. The number of carbonyl (C=O) groups is 1. The van der Waals surface area contributed by atoms with Gasteiger partial charge in [0.1, 0.15) is 0 Å². The van der Waals surface area contributed by atoms with E-state index in [1.165, 1.54) is 12.1 Å². The van der Waals surface area contributed by atoms with Gasteiger partial charge in [0.05, 0.1) is 27.8 Å². The summed E-state index contributed by atoms with van der Waals surface area (Å²) in [5.74, 6) is -0.270. The quantitative estimate of drug-likeness (QED) is 0.844. The SMILES string of the molecule is COC1CCCC1NC(=O)c1cc(N)cc(Cl)c1Cl. The average Bonchev–Trinajstić information content (AvgIpc) is 2.80. The smallest absolute Gasteiger partial charge is 0.253 e. The molecule has 2 unspecified atom stereocenters. The molecular formula is C13H16Cl2N2O2. The first-order valence-corrected chi connectivity index (χ1v) is 6.86. The van der Waals surface area contributed by atoms with E-state index in [1.54, 1.807) is 7.11 Å². The molecule has 1 aromatic carbocycles. The Labute approximate surface area is 122 Å². The van der Waals surface area contributed by atoms with E-state index in [0.717, 1.165) is 19.3 Å². The van der Waals surface area contributed by atoms with Gasteiger partial charge >= 0.3 is 0 Å². The molecule has 1 amide bonds. The molecule has 0 aliphatic heterocycles. The van der Waals surface area contributed by atoms with Crippen molar-refractivity contribution in [3.63, 3.8) is 0 Å². The Kier molecular flexibility index (Phi) is 4.55. The summed E-state index contributed by atoms with van der Waals surface area (Å²) in [6.07, 6.45) is 2.94. The molecule has 0 heterocycles. The lowest BCUT2D eigenvalue weighted by Gasteiger charge is -2.20. The first kappa shape index (κ1) is 14.4. The molecule has 1 aliphatic rings. The van der Waals surface area contributed by atoms with Gasteiger partial charge in [0, 0.05) is 12.8 Å². The van der Waals surface area contributed by atoms with E-state index < -0.39 is 0 Å². The van der Waals surface area contributed by atoms with Crippen molar-refractivity contribution in [3.05, 3.63) is 27.7 Å². The van der Waals surface area contributed by atoms with E-state index in [1.807, 2.05) is 0 Å². The molecular weight excluding hydrogens is 287 g/mol. The van der Waals surface area contributed by atoms with E-state index in [0.29, 0.717) is 11.3 Å². The summed E-state index contributed by atoms with van der Waals surface area (Å²) >= 11 is 12.0. The predicted octanol–water partition coefficient (Wildman–Crippen LogP) is 2.87. The van der Waals surface area contributed by atoms with Gasteiger partial charge in [0.25, 0.3) is 5.91 Å². The van der Waals surface area contributed by atoms with Crippen molar-refractivity contribution in [2.45, 2.75) is 31.4 Å². The third-order valence-electron chi connectivity index (χ3n) is 3.37. The van der Waals surface area contributed by atoms with Gasteiger partial charge in [0.15, 0.2) is 0 Å². The van der Waals surface area contributed by atoms with Crippen LogP contribution in [0.2, 0.25) is 10.0 Å². The van der Waals surface area contributed by atoms with E-state index in [-0.39, 0.29) is 28.1 Å². The highest BCUT2D eigenvalue weighted by atomic mass is 35.5. The second kappa shape index (κ2) is 5.99. The lowest BCUT2D eigenvalue weighted by atomic mass is 10.1. The van der Waals surface area contributed by atoms with Crippen LogP contribution in [0.25, 0.3) is 0 Å². The van der Waals surface area contributed by atoms with Gasteiger partial charge < -0.3 is 15.8 Å². The van der Waals surface area contributed by atoms with Gasteiger partial charge in [-0.2, -0.15) is 0 Å². The fourth-order valence-corrected chi connectivity index (χ4v) is 2.82. The van der Waals surface area contributed by atoms with Gasteiger partial charge in [-0.15, -0.1) is 0 Å². The Morgan fingerprint density at radius 1 is 1.42 bits per heavy atom. The minimum Gasteiger partial charge on any atom is -0.399 e. The maximum absolute atomic E-state index is 12.2. The van der Waals surface area contributed by atoms with E-state index in [9.17, 15) is 4.79 Å². The number of benzene rings is 1. The highest BCUT2D eigenvalue weighted by Gasteiger charge is 2.29. The summed E-state index contributed by atoms with van der Waals surface area (Å²) in [7, 11) is 1.65. The summed E-state index contributed by atoms with van der Waals surface area (Å²) in [4.78, 5) is 12.2. The van der Waals surface area contributed by atoms with E-state index in [2.05, 4.69) is 5.32 Å². The number of methoxy groups -OCH3 is 1. The Morgan fingerprint density at radius 3 is 2.84 bits per heavy atom. The lowest BCUT2D eigenvalue weighted by Crippen LogP contribution is -2.40. The molecule has 0 aromatic heterocycles. The minimum atomic E-state index is -0.270. The molecule has 19 heavy (non-hydrogen) atoms. The lowest BCUT2D eigenvalue weighted by molar-refractivity contribution is 0.0722. The minimum absolute atomic E-state index is 0.00812. The van der Waals surface area contributed by atoms with Crippen molar-refractivity contribution in [1.82, 2.24) is 5.32 Å². The van der Waals surface area contributed by atoms with Crippen LogP contribution in [0.4, 0.5) is 5.69 Å². The Morgan fingerprint density at radius 2 is 2.16 bits per heavy atom. The van der Waals surface area contributed by atoms with E-state index >= 15 is 0 Å². The zero-order valence-corrected chi connectivity index (χ0v) is 12.1. The van der Waals surface area contributed by atoms with Crippen LogP contribution in [0.15, 0.2) is 12.1 Å². The van der Waals surface area contributed by atoms with Crippen molar-refractivity contribution in [1.29, 1.82) is 0 Å². The number of hydrogen-bond donors (Lipinski definition) is 2. The third kappa shape index (κ3) is 3.14. The number of anilines is 1. The molecule has 0 radical (unpaired) electrons. The van der Waals surface area contributed by atoms with Crippen molar-refractivity contribution in [3.8, 4) is 0 Å². The van der Waals surface area contributed by atoms with E-state index in [4.69, 9.17) is 33.7 Å². The monoisotopic (exact) mass is 302 g/mol. The second-order valence-electron chi connectivity index (χ2n) is 4.65. The maximum Gasteiger partial charge on any atom is 0.253 e. The van der Waals surface area contributed by atoms with Crippen LogP contribution in [-0.2, 0) is 4.74 Å². The summed E-state index contributed by atoms with van der Waals surface area (Å²) < 4.78 is 5.34. The van der Waals surface area contributed by atoms with Gasteiger partial charge in [-0.3, -0.25) is 4.79 Å². The zero-order chi connectivity index (χ0) is 14.0. The molecule has 1 saturated carbocycles. The molecule has 6 heteroatoms. The predicted molar refractivity (Wildman–Crippen MR) is 76.8 cm³/mol. The Hall–Kier alpha value is -0.970. The van der Waals surface area contributed by atoms with Gasteiger partial charge in [-0.05, 0) is 31.4 Å². The fourth-order valence-electron chi connectivity index (χ4n) is 2.39. The van der Waals surface area contributed by atoms with Crippen molar-refractivity contribution in [2.75, 3.05) is 12.8 Å². The van der Waals surface area contributed by atoms with Gasteiger partial charge in [0.2, 0.25) is 0 Å². The van der Waals surface area contributed by atoms with Crippen molar-refractivity contribution in [2.24, 2.45) is 0 Å².